The van der Waals surface area contributed by atoms with Crippen LogP contribution in [0.5, 0.6) is 0 Å². The van der Waals surface area contributed by atoms with E-state index in [1.54, 1.807) is 0 Å². The molecule has 5 nitrogen and oxygen atoms in total. The van der Waals surface area contributed by atoms with Crippen molar-refractivity contribution in [3.8, 4) is 0 Å². The Morgan fingerprint density at radius 3 is 2.75 bits per heavy atom. The van der Waals surface area contributed by atoms with Gasteiger partial charge in [-0.3, -0.25) is 4.79 Å². The summed E-state index contributed by atoms with van der Waals surface area (Å²) in [6.07, 6.45) is 3.00. The van der Waals surface area contributed by atoms with Crippen LogP contribution < -0.4 is 11.1 Å². The number of carbonyl (C=O) groups excluding carboxylic acids is 2. The molecular formula is C7H11N3O2. The lowest BCUT2D eigenvalue weighted by atomic mass is 10.4. The van der Waals surface area contributed by atoms with E-state index >= 15 is 0 Å². The van der Waals surface area contributed by atoms with Crippen molar-refractivity contribution in [1.29, 1.82) is 0 Å². The lowest BCUT2D eigenvalue weighted by Crippen LogP contribution is -2.22. The van der Waals surface area contributed by atoms with Gasteiger partial charge in [-0.25, -0.2) is 9.79 Å². The van der Waals surface area contributed by atoms with Gasteiger partial charge in [0.15, 0.2) is 0 Å². The van der Waals surface area contributed by atoms with Crippen LogP contribution in [0.25, 0.3) is 0 Å². The molecule has 0 aromatic heterocycles. The zero-order valence-corrected chi connectivity index (χ0v) is 6.62. The fourth-order valence-corrected chi connectivity index (χ4v) is 0.487. The summed E-state index contributed by atoms with van der Waals surface area (Å²) in [5.74, 6) is -0.248. The molecule has 0 atom stereocenters. The van der Waals surface area contributed by atoms with E-state index in [1.165, 1.54) is 12.3 Å². The summed E-state index contributed by atoms with van der Waals surface area (Å²) in [5.41, 5.74) is 4.72. The molecule has 3 amide bonds. The molecule has 3 N–H and O–H groups in total. The lowest BCUT2D eigenvalue weighted by Gasteiger charge is -1.95. The minimum atomic E-state index is -0.731. The molecule has 5 heteroatoms. The predicted octanol–water partition coefficient (Wildman–Crippen LogP) is -0.172. The highest BCUT2D eigenvalue weighted by molar-refractivity contribution is 5.87. The Morgan fingerprint density at radius 2 is 2.25 bits per heavy atom. The molecule has 0 spiro atoms. The first-order valence-corrected chi connectivity index (χ1v) is 3.39. The summed E-state index contributed by atoms with van der Waals surface area (Å²) in [6, 6.07) is -0.731. The number of aliphatic imine (C=N–C) groups is 1. The summed E-state index contributed by atoms with van der Waals surface area (Å²) >= 11 is 0. The molecule has 0 saturated carbocycles. The molecule has 0 aromatic rings. The lowest BCUT2D eigenvalue weighted by molar-refractivity contribution is -0.116. The molecule has 0 radical (unpaired) electrons. The highest BCUT2D eigenvalue weighted by Gasteiger charge is 1.90. The third-order valence-electron chi connectivity index (χ3n) is 0.977. The Bertz CT molecular complexity index is 211. The molecule has 12 heavy (non-hydrogen) atoms. The normalized spacial score (nSPS) is 9.67. The van der Waals surface area contributed by atoms with Gasteiger partial charge in [-0.05, 0) is 6.08 Å². The molecule has 66 valence electrons. The average molecular weight is 169 g/mol. The number of hydrogen-bond acceptors (Lipinski definition) is 2. The van der Waals surface area contributed by atoms with Crippen LogP contribution in [0.1, 0.15) is 6.42 Å². The summed E-state index contributed by atoms with van der Waals surface area (Å²) in [5, 5.41) is 2.51. The minimum absolute atomic E-state index is 0.248. The summed E-state index contributed by atoms with van der Waals surface area (Å²) in [7, 11) is 0. The van der Waals surface area contributed by atoms with Gasteiger partial charge >= 0.3 is 6.03 Å². The van der Waals surface area contributed by atoms with Crippen molar-refractivity contribution in [1.82, 2.24) is 5.32 Å². The van der Waals surface area contributed by atoms with E-state index in [0.29, 0.717) is 13.0 Å². The zero-order valence-electron chi connectivity index (χ0n) is 6.62. The first-order valence-electron chi connectivity index (χ1n) is 3.39. The molecule has 0 aliphatic rings. The van der Waals surface area contributed by atoms with Crippen molar-refractivity contribution < 1.29 is 9.59 Å². The molecule has 0 fully saturated rings. The number of rotatable bonds is 4. The second kappa shape index (κ2) is 6.09. The van der Waals surface area contributed by atoms with Crippen LogP contribution in [-0.4, -0.2) is 24.7 Å². The van der Waals surface area contributed by atoms with Crippen molar-refractivity contribution in [2.24, 2.45) is 10.7 Å². The third-order valence-corrected chi connectivity index (χ3v) is 0.977. The Morgan fingerprint density at radius 1 is 1.58 bits per heavy atom. The molecule has 0 saturated heterocycles. The quantitative estimate of drug-likeness (QED) is 0.348. The SMILES string of the molecule is C=CC(=O)NCCC=NC(N)=O. The number of amides is 3. The second-order valence-electron chi connectivity index (χ2n) is 1.93. The molecule has 0 rings (SSSR count). The monoisotopic (exact) mass is 169 g/mol. The van der Waals surface area contributed by atoms with Crippen molar-refractivity contribution in [3.63, 3.8) is 0 Å². The number of nitrogens with one attached hydrogen (secondary N) is 1. The Kier molecular flexibility index (Phi) is 5.25. The second-order valence-corrected chi connectivity index (χ2v) is 1.93. The van der Waals surface area contributed by atoms with E-state index in [4.69, 9.17) is 5.73 Å². The Hall–Kier alpha value is -1.65. The maximum absolute atomic E-state index is 10.5. The number of carbonyl (C=O) groups is 2. The zero-order chi connectivity index (χ0) is 9.40. The maximum atomic E-state index is 10.5. The highest BCUT2D eigenvalue weighted by Crippen LogP contribution is 1.73. The average Bonchev–Trinajstić information content (AvgIpc) is 2.03. The van der Waals surface area contributed by atoms with Gasteiger partial charge in [-0.2, -0.15) is 0 Å². The van der Waals surface area contributed by atoms with Gasteiger partial charge in [0.25, 0.3) is 0 Å². The van der Waals surface area contributed by atoms with Gasteiger partial charge in [0.1, 0.15) is 0 Å². The van der Waals surface area contributed by atoms with Crippen molar-refractivity contribution in [3.05, 3.63) is 12.7 Å². The van der Waals surface area contributed by atoms with E-state index in [2.05, 4.69) is 16.9 Å². The van der Waals surface area contributed by atoms with Gasteiger partial charge in [-0.1, -0.05) is 6.58 Å². The molecule has 0 bridgehead atoms. The van der Waals surface area contributed by atoms with Crippen LogP contribution in [0.15, 0.2) is 17.6 Å². The predicted molar refractivity (Wildman–Crippen MR) is 45.9 cm³/mol. The maximum Gasteiger partial charge on any atom is 0.337 e. The van der Waals surface area contributed by atoms with Gasteiger partial charge in [0.2, 0.25) is 5.91 Å². The van der Waals surface area contributed by atoms with Crippen molar-refractivity contribution in [2.45, 2.75) is 6.42 Å². The molecule has 0 aliphatic carbocycles. The summed E-state index contributed by atoms with van der Waals surface area (Å²) in [4.78, 5) is 23.9. The van der Waals surface area contributed by atoms with Gasteiger partial charge in [-0.15, -0.1) is 0 Å². The highest BCUT2D eigenvalue weighted by atomic mass is 16.2. The number of nitrogens with two attached hydrogens (primary N) is 1. The standard InChI is InChI=1S/C7H11N3O2/c1-2-6(11)9-4-3-5-10-7(8)12/h2,5H,1,3-4H2,(H2,8,12)(H,9,11). The van der Waals surface area contributed by atoms with Crippen molar-refractivity contribution in [2.75, 3.05) is 6.54 Å². The van der Waals surface area contributed by atoms with Crippen LogP contribution >= 0.6 is 0 Å². The van der Waals surface area contributed by atoms with Crippen LogP contribution in [0.2, 0.25) is 0 Å². The van der Waals surface area contributed by atoms with Gasteiger partial charge in [0, 0.05) is 19.2 Å². The largest absolute Gasteiger partial charge is 0.352 e. The van der Waals surface area contributed by atoms with Crippen LogP contribution in [-0.2, 0) is 4.79 Å². The van der Waals surface area contributed by atoms with Crippen LogP contribution in [0, 0.1) is 0 Å². The minimum Gasteiger partial charge on any atom is -0.352 e. The number of urea groups is 1. The fourth-order valence-electron chi connectivity index (χ4n) is 0.487. The number of hydrogen-bond donors (Lipinski definition) is 2. The van der Waals surface area contributed by atoms with E-state index in [-0.39, 0.29) is 5.91 Å². The third kappa shape index (κ3) is 6.47. The Labute approximate surface area is 70.3 Å². The smallest absolute Gasteiger partial charge is 0.337 e. The summed E-state index contributed by atoms with van der Waals surface area (Å²) in [6.45, 7) is 3.69. The van der Waals surface area contributed by atoms with E-state index in [0.717, 1.165) is 0 Å². The van der Waals surface area contributed by atoms with Crippen molar-refractivity contribution >= 4 is 18.2 Å². The van der Waals surface area contributed by atoms with E-state index in [9.17, 15) is 9.59 Å². The first-order chi connectivity index (χ1) is 5.66. The Balaban J connectivity index is 3.39. The molecule has 0 aromatic carbocycles. The first kappa shape index (κ1) is 10.3. The van der Waals surface area contributed by atoms with Crippen LogP contribution in [0.4, 0.5) is 4.79 Å². The van der Waals surface area contributed by atoms with E-state index in [1.807, 2.05) is 0 Å². The molecule has 0 aliphatic heterocycles. The number of primary amides is 1. The molecule has 0 heterocycles. The molecule has 0 unspecified atom stereocenters. The van der Waals surface area contributed by atoms with Gasteiger partial charge in [0.05, 0.1) is 0 Å². The topological polar surface area (TPSA) is 84.6 Å². The van der Waals surface area contributed by atoms with Gasteiger partial charge < -0.3 is 11.1 Å². The fraction of sp³-hybridized carbons (Fsp3) is 0.286. The van der Waals surface area contributed by atoms with E-state index < -0.39 is 6.03 Å². The number of nitrogens with zero attached hydrogens (tertiary/aromatic N) is 1. The van der Waals surface area contributed by atoms with Crippen LogP contribution in [0.3, 0.4) is 0 Å². The molecular weight excluding hydrogens is 158 g/mol. The summed E-state index contributed by atoms with van der Waals surface area (Å²) < 4.78 is 0.